The van der Waals surface area contributed by atoms with Gasteiger partial charge in [0.1, 0.15) is 24.2 Å². The highest BCUT2D eigenvalue weighted by Gasteiger charge is 2.29. The van der Waals surface area contributed by atoms with E-state index in [4.69, 9.17) is 4.74 Å². The molecule has 14 heteroatoms. The van der Waals surface area contributed by atoms with E-state index in [2.05, 4.69) is 77.8 Å². The summed E-state index contributed by atoms with van der Waals surface area (Å²) in [5, 5.41) is 7.33. The number of fused-ring (bicyclic) bond motifs is 1. The number of aromatic nitrogens is 4. The molecule has 2 heterocycles. The summed E-state index contributed by atoms with van der Waals surface area (Å²) in [6.07, 6.45) is 3.70. The van der Waals surface area contributed by atoms with Crippen molar-refractivity contribution in [3.63, 3.8) is 0 Å². The summed E-state index contributed by atoms with van der Waals surface area (Å²) in [5.41, 5.74) is 7.32. The Bertz CT molecular complexity index is 2410. The lowest BCUT2D eigenvalue weighted by Crippen LogP contribution is -2.43. The van der Waals surface area contributed by atoms with Gasteiger partial charge in [0.2, 0.25) is 11.8 Å². The van der Waals surface area contributed by atoms with Crippen LogP contribution in [0, 0.1) is 6.92 Å². The van der Waals surface area contributed by atoms with Crippen LogP contribution in [0.25, 0.3) is 44.4 Å². The van der Waals surface area contributed by atoms with Gasteiger partial charge in [-0.2, -0.15) is 0 Å². The van der Waals surface area contributed by atoms with Crippen LogP contribution in [0.5, 0.6) is 0 Å². The average Bonchev–Trinajstić information content (AvgIpc) is 3.94. The zero-order valence-electron chi connectivity index (χ0n) is 34.0. The predicted molar refractivity (Wildman–Crippen MR) is 226 cm³/mol. The van der Waals surface area contributed by atoms with Crippen LogP contribution in [0.2, 0.25) is 0 Å². The SMILES string of the molecule is CCCN(Cc1ncc(-c2ccc3cc(-c4ccc(-c5cnc(CN(CCC)C(=O)C(NC(=O)OC)c6ccccc6C)[nH]5)cc4)ccc3c2)[nH]1)C(=O)CNC(=O)OC. The number of aryl methyl sites for hydroxylation is 1. The van der Waals surface area contributed by atoms with E-state index in [1.807, 2.05) is 63.2 Å². The number of methoxy groups -OCH3 is 2. The van der Waals surface area contributed by atoms with Gasteiger partial charge in [-0.3, -0.25) is 9.59 Å². The molecular formula is C45H50N8O6. The highest BCUT2D eigenvalue weighted by molar-refractivity contribution is 5.91. The number of carbonyl (C=O) groups excluding carboxylic acids is 4. The number of benzene rings is 4. The minimum atomic E-state index is -0.906. The summed E-state index contributed by atoms with van der Waals surface area (Å²) in [6.45, 7) is 7.29. The molecule has 1 atom stereocenters. The number of hydrogen-bond donors (Lipinski definition) is 4. The second kappa shape index (κ2) is 19.5. The number of nitrogens with one attached hydrogen (secondary N) is 4. The molecule has 0 spiro atoms. The number of amides is 4. The van der Waals surface area contributed by atoms with Gasteiger partial charge < -0.3 is 39.9 Å². The Hall–Kier alpha value is -6.96. The highest BCUT2D eigenvalue weighted by atomic mass is 16.5. The molecule has 0 aliphatic rings. The molecule has 59 heavy (non-hydrogen) atoms. The van der Waals surface area contributed by atoms with Crippen molar-refractivity contribution in [2.75, 3.05) is 33.9 Å². The molecule has 306 valence electrons. The molecule has 0 radical (unpaired) electrons. The summed E-state index contributed by atoms with van der Waals surface area (Å²) in [7, 11) is 2.54. The van der Waals surface area contributed by atoms with Gasteiger partial charge >= 0.3 is 12.2 Å². The zero-order valence-corrected chi connectivity index (χ0v) is 34.0. The molecule has 4 N–H and O–H groups in total. The lowest BCUT2D eigenvalue weighted by atomic mass is 9.98. The van der Waals surface area contributed by atoms with Crippen molar-refractivity contribution < 1.29 is 28.7 Å². The molecule has 6 rings (SSSR count). The number of carbonyl (C=O) groups is 4. The van der Waals surface area contributed by atoms with Crippen molar-refractivity contribution in [3.8, 4) is 33.6 Å². The molecule has 4 amide bonds. The van der Waals surface area contributed by atoms with E-state index in [1.165, 1.54) is 14.2 Å². The number of imidazole rings is 2. The standard InChI is InChI=1S/C45H50N8O6/c1-6-20-52(41(54)26-48-44(56)58-4)27-39-47-25-38(50-39)35-19-18-33-22-32(16-17-34(33)23-35)30-12-14-31(15-13-30)37-24-46-40(49-37)28-53(21-7-2)43(55)42(51-45(57)59-5)36-11-9-8-10-29(36)3/h8-19,22-25,42H,6-7,20-21,26-28H2,1-5H3,(H,46,49)(H,47,50)(H,48,56)(H,51,57). The third kappa shape index (κ3) is 10.3. The van der Waals surface area contributed by atoms with Crippen molar-refractivity contribution >= 4 is 34.8 Å². The molecule has 0 saturated carbocycles. The Morgan fingerprint density at radius 2 is 1.22 bits per heavy atom. The smallest absolute Gasteiger partial charge is 0.407 e. The van der Waals surface area contributed by atoms with Crippen LogP contribution in [0.1, 0.15) is 55.5 Å². The number of nitrogens with zero attached hydrogens (tertiary/aromatic N) is 4. The van der Waals surface area contributed by atoms with E-state index in [0.717, 1.165) is 62.8 Å². The van der Waals surface area contributed by atoms with Crippen molar-refractivity contribution in [1.82, 2.24) is 40.4 Å². The van der Waals surface area contributed by atoms with Gasteiger partial charge in [0.05, 0.1) is 51.1 Å². The first-order valence-corrected chi connectivity index (χ1v) is 19.6. The minimum absolute atomic E-state index is 0.151. The topological polar surface area (TPSA) is 175 Å². The van der Waals surface area contributed by atoms with Crippen molar-refractivity contribution in [1.29, 1.82) is 0 Å². The highest BCUT2D eigenvalue weighted by Crippen LogP contribution is 2.30. The number of aromatic amines is 2. The molecule has 0 aliphatic carbocycles. The molecule has 4 aromatic carbocycles. The summed E-state index contributed by atoms with van der Waals surface area (Å²) in [5.74, 6) is 0.812. The van der Waals surface area contributed by atoms with Crippen LogP contribution in [0.15, 0.2) is 97.3 Å². The Labute approximate surface area is 343 Å². The number of hydrogen-bond acceptors (Lipinski definition) is 8. The zero-order chi connectivity index (χ0) is 41.9. The van der Waals surface area contributed by atoms with E-state index < -0.39 is 18.2 Å². The number of alkyl carbamates (subject to hydrolysis) is 2. The van der Waals surface area contributed by atoms with Crippen LogP contribution < -0.4 is 10.6 Å². The number of H-pyrrole nitrogens is 2. The second-order valence-corrected chi connectivity index (χ2v) is 14.2. The fraction of sp³-hybridized carbons (Fsp3) is 0.289. The first-order chi connectivity index (χ1) is 28.6. The number of rotatable bonds is 16. The van der Waals surface area contributed by atoms with E-state index >= 15 is 0 Å². The summed E-state index contributed by atoms with van der Waals surface area (Å²) < 4.78 is 9.42. The monoisotopic (exact) mass is 798 g/mol. The van der Waals surface area contributed by atoms with Gasteiger partial charge in [-0.15, -0.1) is 0 Å². The average molecular weight is 799 g/mol. The fourth-order valence-corrected chi connectivity index (χ4v) is 6.95. The maximum absolute atomic E-state index is 14.0. The fourth-order valence-electron chi connectivity index (χ4n) is 6.95. The molecule has 2 aromatic heterocycles. The van der Waals surface area contributed by atoms with Gasteiger partial charge in [-0.25, -0.2) is 19.6 Å². The quantitative estimate of drug-likeness (QED) is 0.0778. The van der Waals surface area contributed by atoms with E-state index in [-0.39, 0.29) is 24.9 Å². The second-order valence-electron chi connectivity index (χ2n) is 14.2. The lowest BCUT2D eigenvalue weighted by Gasteiger charge is -2.27. The van der Waals surface area contributed by atoms with Crippen LogP contribution in [0.3, 0.4) is 0 Å². The van der Waals surface area contributed by atoms with Gasteiger partial charge in [-0.1, -0.05) is 86.6 Å². The Morgan fingerprint density at radius 3 is 1.85 bits per heavy atom. The van der Waals surface area contributed by atoms with Gasteiger partial charge in [0.25, 0.3) is 0 Å². The third-order valence-corrected chi connectivity index (χ3v) is 10.0. The molecule has 0 fully saturated rings. The van der Waals surface area contributed by atoms with Crippen molar-refractivity contribution in [3.05, 3.63) is 120 Å². The van der Waals surface area contributed by atoms with Crippen molar-refractivity contribution in [2.45, 2.75) is 52.7 Å². The maximum Gasteiger partial charge on any atom is 0.407 e. The summed E-state index contributed by atoms with van der Waals surface area (Å²) in [6, 6.07) is 27.4. The van der Waals surface area contributed by atoms with Crippen LogP contribution in [-0.4, -0.2) is 87.6 Å². The maximum atomic E-state index is 14.0. The van der Waals surface area contributed by atoms with Crippen LogP contribution >= 0.6 is 0 Å². The van der Waals surface area contributed by atoms with E-state index in [1.54, 1.807) is 22.2 Å². The van der Waals surface area contributed by atoms with Crippen LogP contribution in [0.4, 0.5) is 9.59 Å². The Balaban J connectivity index is 1.12. The van der Waals surface area contributed by atoms with Gasteiger partial charge in [-0.05, 0) is 70.5 Å². The largest absolute Gasteiger partial charge is 0.453 e. The van der Waals surface area contributed by atoms with Crippen molar-refractivity contribution in [2.24, 2.45) is 0 Å². The third-order valence-electron chi connectivity index (χ3n) is 10.0. The molecule has 14 nitrogen and oxygen atoms in total. The van der Waals surface area contributed by atoms with Crippen LogP contribution in [-0.2, 0) is 32.2 Å². The minimum Gasteiger partial charge on any atom is -0.453 e. The molecule has 1 unspecified atom stereocenters. The molecular weight excluding hydrogens is 749 g/mol. The molecule has 0 saturated heterocycles. The summed E-state index contributed by atoms with van der Waals surface area (Å²) in [4.78, 5) is 69.7. The van der Waals surface area contributed by atoms with E-state index in [0.29, 0.717) is 36.8 Å². The predicted octanol–water partition coefficient (Wildman–Crippen LogP) is 7.53. The molecule has 0 bridgehead atoms. The normalized spacial score (nSPS) is 11.5. The van der Waals surface area contributed by atoms with Gasteiger partial charge in [0, 0.05) is 18.7 Å². The Kier molecular flexibility index (Phi) is 13.7. The van der Waals surface area contributed by atoms with Gasteiger partial charge in [0.15, 0.2) is 0 Å². The lowest BCUT2D eigenvalue weighted by molar-refractivity contribution is -0.134. The molecule has 6 aromatic rings. The first kappa shape index (κ1) is 41.7. The first-order valence-electron chi connectivity index (χ1n) is 19.6. The number of ether oxygens (including phenoxy) is 2. The Morgan fingerprint density at radius 1 is 0.678 bits per heavy atom. The molecule has 0 aliphatic heterocycles. The van der Waals surface area contributed by atoms with E-state index in [9.17, 15) is 19.2 Å². The summed E-state index contributed by atoms with van der Waals surface area (Å²) >= 11 is 0.